The van der Waals surface area contributed by atoms with Gasteiger partial charge in [0.05, 0.1) is 11.7 Å². The van der Waals surface area contributed by atoms with E-state index in [2.05, 4.69) is 5.32 Å². The number of carbonyl (C=O) groups excluding carboxylic acids is 1. The summed E-state index contributed by atoms with van der Waals surface area (Å²) < 4.78 is 26.8. The molecule has 0 spiro atoms. The van der Waals surface area contributed by atoms with E-state index in [0.717, 1.165) is 18.6 Å². The molecule has 0 fully saturated rings. The average Bonchev–Trinajstić information content (AvgIpc) is 2.33. The molecule has 0 heterocycles. The molecule has 0 aromatic heterocycles. The van der Waals surface area contributed by atoms with Crippen LogP contribution >= 0.6 is 0 Å². The summed E-state index contributed by atoms with van der Waals surface area (Å²) in [6.45, 7) is 5.19. The SMILES string of the molecule is CCC(C)[C@H](N)C(=O)Nc1cc(F)c(C)cc1F. The molecular formula is C13H18F2N2O. The second-order valence-electron chi connectivity index (χ2n) is 4.48. The Labute approximate surface area is 105 Å². The minimum atomic E-state index is -0.737. The fraction of sp³-hybridized carbons (Fsp3) is 0.462. The predicted octanol–water partition coefficient (Wildman–Crippen LogP) is 2.59. The summed E-state index contributed by atoms with van der Waals surface area (Å²) in [5.74, 6) is -1.77. The molecule has 0 radical (unpaired) electrons. The van der Waals surface area contributed by atoms with Crippen LogP contribution in [0.3, 0.4) is 0 Å². The number of nitrogens with two attached hydrogens (primary N) is 1. The number of nitrogens with one attached hydrogen (secondary N) is 1. The third-order valence-corrected chi connectivity index (χ3v) is 3.07. The van der Waals surface area contributed by atoms with Gasteiger partial charge in [0.15, 0.2) is 0 Å². The Morgan fingerprint density at radius 3 is 2.56 bits per heavy atom. The number of amides is 1. The summed E-state index contributed by atoms with van der Waals surface area (Å²) >= 11 is 0. The molecule has 1 aromatic carbocycles. The van der Waals surface area contributed by atoms with E-state index in [1.807, 2.05) is 13.8 Å². The third-order valence-electron chi connectivity index (χ3n) is 3.07. The number of aryl methyl sites for hydroxylation is 1. The van der Waals surface area contributed by atoms with Gasteiger partial charge in [-0.1, -0.05) is 20.3 Å². The molecule has 2 atom stereocenters. The van der Waals surface area contributed by atoms with E-state index in [4.69, 9.17) is 5.73 Å². The van der Waals surface area contributed by atoms with Crippen molar-refractivity contribution in [3.63, 3.8) is 0 Å². The van der Waals surface area contributed by atoms with Crippen LogP contribution in [0.2, 0.25) is 0 Å². The number of hydrogen-bond donors (Lipinski definition) is 2. The van der Waals surface area contributed by atoms with Gasteiger partial charge in [0.2, 0.25) is 5.91 Å². The lowest BCUT2D eigenvalue weighted by Gasteiger charge is -2.18. The number of rotatable bonds is 4. The fourth-order valence-electron chi connectivity index (χ4n) is 1.47. The maximum atomic E-state index is 13.5. The molecule has 0 saturated heterocycles. The maximum Gasteiger partial charge on any atom is 0.241 e. The lowest BCUT2D eigenvalue weighted by atomic mass is 9.99. The zero-order valence-corrected chi connectivity index (χ0v) is 10.8. The first-order valence-corrected chi connectivity index (χ1v) is 5.88. The standard InChI is InChI=1S/C13H18F2N2O/c1-4-7(2)12(16)13(18)17-11-6-9(14)8(3)5-10(11)15/h5-7,12H,4,16H2,1-3H3,(H,17,18)/t7?,12-/m0/s1. The molecule has 3 N–H and O–H groups in total. The summed E-state index contributed by atoms with van der Waals surface area (Å²) in [6, 6.07) is 1.27. The van der Waals surface area contributed by atoms with E-state index < -0.39 is 23.6 Å². The molecule has 1 amide bonds. The van der Waals surface area contributed by atoms with Gasteiger partial charge in [-0.05, 0) is 24.5 Å². The lowest BCUT2D eigenvalue weighted by Crippen LogP contribution is -2.40. The molecule has 0 saturated carbocycles. The van der Waals surface area contributed by atoms with Crippen molar-refractivity contribution in [1.29, 1.82) is 0 Å². The Kier molecular flexibility index (Phi) is 4.78. The van der Waals surface area contributed by atoms with Crippen molar-refractivity contribution < 1.29 is 13.6 Å². The van der Waals surface area contributed by atoms with Crippen LogP contribution in [0.25, 0.3) is 0 Å². The minimum Gasteiger partial charge on any atom is -0.322 e. The van der Waals surface area contributed by atoms with Crippen LogP contribution in [0.1, 0.15) is 25.8 Å². The quantitative estimate of drug-likeness (QED) is 0.870. The Bertz CT molecular complexity index is 449. The van der Waals surface area contributed by atoms with E-state index in [0.29, 0.717) is 0 Å². The van der Waals surface area contributed by atoms with Crippen LogP contribution < -0.4 is 11.1 Å². The van der Waals surface area contributed by atoms with E-state index in [-0.39, 0.29) is 17.2 Å². The van der Waals surface area contributed by atoms with Gasteiger partial charge in [0.1, 0.15) is 11.6 Å². The van der Waals surface area contributed by atoms with Crippen molar-refractivity contribution in [3.05, 3.63) is 29.3 Å². The summed E-state index contributed by atoms with van der Waals surface area (Å²) in [5, 5.41) is 2.31. The highest BCUT2D eigenvalue weighted by Gasteiger charge is 2.20. The summed E-state index contributed by atoms with van der Waals surface area (Å²) in [4.78, 5) is 11.7. The zero-order valence-electron chi connectivity index (χ0n) is 10.8. The Balaban J connectivity index is 2.85. The molecule has 1 rings (SSSR count). The van der Waals surface area contributed by atoms with Gasteiger partial charge in [0, 0.05) is 6.07 Å². The highest BCUT2D eigenvalue weighted by molar-refractivity contribution is 5.95. The maximum absolute atomic E-state index is 13.5. The monoisotopic (exact) mass is 256 g/mol. The zero-order chi connectivity index (χ0) is 13.9. The van der Waals surface area contributed by atoms with Crippen molar-refractivity contribution in [2.45, 2.75) is 33.2 Å². The molecule has 0 aliphatic carbocycles. The molecule has 0 aliphatic heterocycles. The van der Waals surface area contributed by atoms with Gasteiger partial charge in [-0.15, -0.1) is 0 Å². The van der Waals surface area contributed by atoms with E-state index in [1.54, 1.807) is 0 Å². The number of anilines is 1. The van der Waals surface area contributed by atoms with Crippen LogP contribution in [0, 0.1) is 24.5 Å². The van der Waals surface area contributed by atoms with Gasteiger partial charge in [0.25, 0.3) is 0 Å². The van der Waals surface area contributed by atoms with Gasteiger partial charge in [-0.2, -0.15) is 0 Å². The third kappa shape index (κ3) is 3.26. The van der Waals surface area contributed by atoms with Crippen molar-refractivity contribution in [2.24, 2.45) is 11.7 Å². The van der Waals surface area contributed by atoms with E-state index in [9.17, 15) is 13.6 Å². The Morgan fingerprint density at radius 1 is 1.39 bits per heavy atom. The number of halogens is 2. The first kappa shape index (κ1) is 14.6. The van der Waals surface area contributed by atoms with Crippen LogP contribution in [0.4, 0.5) is 14.5 Å². The van der Waals surface area contributed by atoms with Crippen LogP contribution in [0.15, 0.2) is 12.1 Å². The van der Waals surface area contributed by atoms with Gasteiger partial charge < -0.3 is 11.1 Å². The van der Waals surface area contributed by atoms with E-state index >= 15 is 0 Å². The van der Waals surface area contributed by atoms with Gasteiger partial charge >= 0.3 is 0 Å². The second kappa shape index (κ2) is 5.91. The van der Waals surface area contributed by atoms with Crippen molar-refractivity contribution in [2.75, 3.05) is 5.32 Å². The molecular weight excluding hydrogens is 238 g/mol. The smallest absolute Gasteiger partial charge is 0.241 e. The van der Waals surface area contributed by atoms with Crippen LogP contribution in [0.5, 0.6) is 0 Å². The topological polar surface area (TPSA) is 55.1 Å². The molecule has 1 aromatic rings. The Morgan fingerprint density at radius 2 is 2.00 bits per heavy atom. The first-order valence-electron chi connectivity index (χ1n) is 5.88. The molecule has 100 valence electrons. The van der Waals surface area contributed by atoms with Crippen molar-refractivity contribution in [3.8, 4) is 0 Å². The Hall–Kier alpha value is -1.49. The number of carbonyl (C=O) groups is 1. The van der Waals surface area contributed by atoms with Crippen LogP contribution in [-0.2, 0) is 4.79 Å². The fourth-order valence-corrected chi connectivity index (χ4v) is 1.47. The summed E-state index contributed by atoms with van der Waals surface area (Å²) in [7, 11) is 0. The molecule has 0 bridgehead atoms. The summed E-state index contributed by atoms with van der Waals surface area (Å²) in [6.07, 6.45) is 0.735. The molecule has 0 aliphatic rings. The first-order chi connectivity index (χ1) is 8.36. The summed E-state index contributed by atoms with van der Waals surface area (Å²) in [5.41, 5.74) is 5.72. The molecule has 1 unspecified atom stereocenters. The number of benzene rings is 1. The predicted molar refractivity (Wildman–Crippen MR) is 67.2 cm³/mol. The van der Waals surface area contributed by atoms with Gasteiger partial charge in [-0.25, -0.2) is 8.78 Å². The minimum absolute atomic E-state index is 0.0247. The van der Waals surface area contributed by atoms with Crippen LogP contribution in [-0.4, -0.2) is 11.9 Å². The largest absolute Gasteiger partial charge is 0.322 e. The second-order valence-corrected chi connectivity index (χ2v) is 4.48. The lowest BCUT2D eigenvalue weighted by molar-refractivity contribution is -0.118. The highest BCUT2D eigenvalue weighted by atomic mass is 19.1. The normalized spacial score (nSPS) is 14.1. The molecule has 3 nitrogen and oxygen atoms in total. The van der Waals surface area contributed by atoms with Crippen molar-refractivity contribution >= 4 is 11.6 Å². The molecule has 5 heteroatoms. The number of hydrogen-bond acceptors (Lipinski definition) is 2. The average molecular weight is 256 g/mol. The van der Waals surface area contributed by atoms with Gasteiger partial charge in [-0.3, -0.25) is 4.79 Å². The van der Waals surface area contributed by atoms with Crippen molar-refractivity contribution in [1.82, 2.24) is 0 Å². The molecule has 18 heavy (non-hydrogen) atoms. The highest BCUT2D eigenvalue weighted by Crippen LogP contribution is 2.19. The van der Waals surface area contributed by atoms with E-state index in [1.165, 1.54) is 6.92 Å².